The Kier molecular flexibility index (Phi) is 7.25. The number of hydrogen-bond acceptors (Lipinski definition) is 7. The van der Waals surface area contributed by atoms with E-state index >= 15 is 0 Å². The van der Waals surface area contributed by atoms with E-state index in [1.54, 1.807) is 0 Å². The molecule has 0 unspecified atom stereocenters. The molecule has 3 aromatic heterocycles. The number of nitrogens with zero attached hydrogens (tertiary/aromatic N) is 2. The smallest absolute Gasteiger partial charge is 0.452 e. The molecular weight excluding hydrogens is 537 g/mol. The van der Waals surface area contributed by atoms with Gasteiger partial charge in [-0.2, -0.15) is 13.2 Å². The van der Waals surface area contributed by atoms with Gasteiger partial charge in [0.05, 0.1) is 10.6 Å². The zero-order valence-corrected chi connectivity index (χ0v) is 21.3. The summed E-state index contributed by atoms with van der Waals surface area (Å²) in [7, 11) is -3.33. The summed E-state index contributed by atoms with van der Waals surface area (Å²) in [5, 5.41) is 13.3. The van der Waals surface area contributed by atoms with Crippen molar-refractivity contribution in [3.05, 3.63) is 64.7 Å². The van der Waals surface area contributed by atoms with Gasteiger partial charge in [-0.25, -0.2) is 17.5 Å². The van der Waals surface area contributed by atoms with Crippen LogP contribution in [-0.4, -0.2) is 24.7 Å². The van der Waals surface area contributed by atoms with Crippen molar-refractivity contribution >= 4 is 50.2 Å². The lowest BCUT2D eigenvalue weighted by Crippen LogP contribution is -2.15. The molecule has 0 atom stereocenters. The van der Waals surface area contributed by atoms with Crippen molar-refractivity contribution in [2.75, 3.05) is 4.31 Å². The second-order valence-corrected chi connectivity index (χ2v) is 11.2. The van der Waals surface area contributed by atoms with Crippen LogP contribution in [0.2, 0.25) is 0 Å². The Hall–Kier alpha value is -3.16. The van der Waals surface area contributed by atoms with Gasteiger partial charge in [0.25, 0.3) is 0 Å². The molecule has 36 heavy (non-hydrogen) atoms. The summed E-state index contributed by atoms with van der Waals surface area (Å²) in [4.78, 5) is 12.6. The van der Waals surface area contributed by atoms with Crippen LogP contribution in [-0.2, 0) is 23.5 Å². The van der Waals surface area contributed by atoms with Gasteiger partial charge in [-0.1, -0.05) is 43.3 Å². The first kappa shape index (κ1) is 25.9. The highest BCUT2D eigenvalue weighted by Gasteiger charge is 2.36. The number of aromatic nitrogens is 1. The summed E-state index contributed by atoms with van der Waals surface area (Å²) < 4.78 is 68.2. The zero-order chi connectivity index (χ0) is 26.2. The number of carboxylic acid groups (broad SMARTS) is 1. The van der Waals surface area contributed by atoms with Crippen molar-refractivity contribution in [2.45, 2.75) is 26.4 Å². The van der Waals surface area contributed by atoms with Crippen molar-refractivity contribution in [3.63, 3.8) is 0 Å². The molecule has 7 nitrogen and oxygen atoms in total. The van der Waals surface area contributed by atoms with Gasteiger partial charge in [0, 0.05) is 10.9 Å². The molecule has 190 valence electrons. The van der Waals surface area contributed by atoms with Crippen LogP contribution >= 0.6 is 22.7 Å². The molecule has 0 saturated heterocycles. The number of carbonyl (C=O) groups is 1. The molecule has 0 aliphatic carbocycles. The number of rotatable bonds is 8. The molecule has 0 amide bonds. The van der Waals surface area contributed by atoms with Crippen molar-refractivity contribution < 1.29 is 36.0 Å². The van der Waals surface area contributed by atoms with Crippen LogP contribution in [0.15, 0.2) is 53.1 Å². The highest BCUT2D eigenvalue weighted by atomic mass is 32.2. The number of carboxylic acids is 1. The molecule has 1 aromatic carbocycles. The molecule has 1 N–H and O–H groups in total. The topological polar surface area (TPSA) is 101 Å². The van der Waals surface area contributed by atoms with Gasteiger partial charge in [0.15, 0.2) is 0 Å². The van der Waals surface area contributed by atoms with Crippen LogP contribution in [0.1, 0.15) is 34.8 Å². The third-order valence-corrected chi connectivity index (χ3v) is 8.17. The minimum Gasteiger partial charge on any atom is -0.477 e. The molecule has 0 aliphatic rings. The maximum Gasteiger partial charge on any atom is 0.452 e. The molecule has 0 radical (unpaired) electrons. The third-order valence-electron chi connectivity index (χ3n) is 5.02. The quantitative estimate of drug-likeness (QED) is 0.234. The average molecular weight is 557 g/mol. The highest BCUT2D eigenvalue weighted by molar-refractivity contribution is 7.74. The molecule has 13 heteroatoms. The van der Waals surface area contributed by atoms with Gasteiger partial charge in [-0.05, 0) is 41.7 Å². The van der Waals surface area contributed by atoms with Gasteiger partial charge < -0.3 is 9.63 Å². The van der Waals surface area contributed by atoms with E-state index < -0.39 is 28.8 Å². The SMILES string of the molecule is CC(C)Cc1ccc(-c2cc(N(c3ccc(-c4cc(C(F)(F)F)on4)s3)[SH](=O)=O)c(C(=O)O)s2)cc1. The summed E-state index contributed by atoms with van der Waals surface area (Å²) in [6.45, 7) is 4.20. The van der Waals surface area contributed by atoms with Crippen molar-refractivity contribution in [3.8, 4) is 21.0 Å². The fraction of sp³-hybridized carbons (Fsp3) is 0.217. The normalized spacial score (nSPS) is 12.0. The van der Waals surface area contributed by atoms with Crippen molar-refractivity contribution in [1.29, 1.82) is 0 Å². The van der Waals surface area contributed by atoms with Gasteiger partial charge in [0.2, 0.25) is 16.7 Å². The van der Waals surface area contributed by atoms with E-state index in [9.17, 15) is 31.5 Å². The van der Waals surface area contributed by atoms with Crippen molar-refractivity contribution in [2.24, 2.45) is 5.92 Å². The largest absolute Gasteiger partial charge is 0.477 e. The third kappa shape index (κ3) is 5.47. The van der Waals surface area contributed by atoms with E-state index in [2.05, 4.69) is 23.5 Å². The Labute approximate surface area is 213 Å². The summed E-state index contributed by atoms with van der Waals surface area (Å²) in [5.74, 6) is -2.12. The summed E-state index contributed by atoms with van der Waals surface area (Å²) in [6.07, 6.45) is -3.83. The lowest BCUT2D eigenvalue weighted by atomic mass is 10.0. The maximum atomic E-state index is 12.8. The van der Waals surface area contributed by atoms with Crippen LogP contribution in [0.4, 0.5) is 23.9 Å². The van der Waals surface area contributed by atoms with Gasteiger partial charge >= 0.3 is 12.1 Å². The van der Waals surface area contributed by atoms with Crippen LogP contribution in [0.3, 0.4) is 0 Å². The average Bonchev–Trinajstić information content (AvgIpc) is 3.53. The summed E-state index contributed by atoms with van der Waals surface area (Å²) in [5.41, 5.74) is 1.68. The first-order chi connectivity index (χ1) is 16.9. The fourth-order valence-electron chi connectivity index (χ4n) is 3.50. The summed E-state index contributed by atoms with van der Waals surface area (Å²) in [6, 6.07) is 12.6. The fourth-order valence-corrected chi connectivity index (χ4v) is 6.32. The number of thiol groups is 1. The maximum absolute atomic E-state index is 12.8. The predicted molar refractivity (Wildman–Crippen MR) is 133 cm³/mol. The second-order valence-electron chi connectivity index (χ2n) is 8.19. The van der Waals surface area contributed by atoms with E-state index in [0.29, 0.717) is 16.9 Å². The molecule has 0 saturated carbocycles. The molecule has 3 heterocycles. The Morgan fingerprint density at radius 1 is 1.08 bits per heavy atom. The lowest BCUT2D eigenvalue weighted by Gasteiger charge is -2.14. The van der Waals surface area contributed by atoms with Crippen LogP contribution < -0.4 is 4.31 Å². The van der Waals surface area contributed by atoms with E-state index in [1.165, 1.54) is 18.2 Å². The van der Waals surface area contributed by atoms with E-state index in [1.807, 2.05) is 24.3 Å². The molecule has 4 rings (SSSR count). The number of hydrogen-bond donors (Lipinski definition) is 2. The second kappa shape index (κ2) is 10.1. The Bertz CT molecular complexity index is 1460. The number of thiophene rings is 2. The van der Waals surface area contributed by atoms with E-state index in [0.717, 1.165) is 44.5 Å². The molecule has 0 fully saturated rings. The number of halogens is 3. The molecule has 0 bridgehead atoms. The Morgan fingerprint density at radius 2 is 1.78 bits per heavy atom. The zero-order valence-electron chi connectivity index (χ0n) is 18.8. The number of alkyl halides is 3. The first-order valence-electron chi connectivity index (χ1n) is 10.5. The van der Waals surface area contributed by atoms with Gasteiger partial charge in [0.1, 0.15) is 15.6 Å². The van der Waals surface area contributed by atoms with Crippen molar-refractivity contribution in [1.82, 2.24) is 5.16 Å². The molecule has 0 aliphatic heterocycles. The van der Waals surface area contributed by atoms with Crippen LogP contribution in [0.5, 0.6) is 0 Å². The Balaban J connectivity index is 1.71. The van der Waals surface area contributed by atoms with Crippen LogP contribution in [0, 0.1) is 5.92 Å². The minimum atomic E-state index is -4.72. The number of benzene rings is 1. The van der Waals surface area contributed by atoms with E-state index in [-0.39, 0.29) is 26.1 Å². The van der Waals surface area contributed by atoms with Gasteiger partial charge in [-0.15, -0.1) is 22.7 Å². The predicted octanol–water partition coefficient (Wildman–Crippen LogP) is 6.71. The standard InChI is InChI=1S/C23H19F3N2O5S3/c1-12(2)9-13-3-5-14(6-4-13)18-11-16(21(35-18)22(29)30)28(36(31)32)20-8-7-17(34-20)15-10-19(33-27-15)23(24,25)26/h3-8,10-12,36H,9H2,1-2H3,(H,29,30). The molecule has 0 spiro atoms. The highest BCUT2D eigenvalue weighted by Crippen LogP contribution is 2.43. The molecule has 4 aromatic rings. The minimum absolute atomic E-state index is 0.0607. The number of aromatic carboxylic acids is 1. The lowest BCUT2D eigenvalue weighted by molar-refractivity contribution is -0.155. The number of anilines is 2. The van der Waals surface area contributed by atoms with E-state index in [4.69, 9.17) is 0 Å². The monoisotopic (exact) mass is 556 g/mol. The van der Waals surface area contributed by atoms with Crippen LogP contribution in [0.25, 0.3) is 21.0 Å². The first-order valence-corrected chi connectivity index (χ1v) is 13.3. The Morgan fingerprint density at radius 3 is 2.33 bits per heavy atom. The molecular formula is C23H19F3N2O5S3. The summed E-state index contributed by atoms with van der Waals surface area (Å²) >= 11 is 1.77. The van der Waals surface area contributed by atoms with Gasteiger partial charge in [-0.3, -0.25) is 0 Å².